The Bertz CT molecular complexity index is 1180. The van der Waals surface area contributed by atoms with Crippen LogP contribution in [0.4, 0.5) is 10.2 Å². The van der Waals surface area contributed by atoms with Gasteiger partial charge in [0, 0.05) is 41.3 Å². The Labute approximate surface area is 153 Å². The Morgan fingerprint density at radius 2 is 2.19 bits per heavy atom. The molecule has 5 rings (SSSR count). The molecule has 1 aliphatic carbocycles. The van der Waals surface area contributed by atoms with Crippen molar-refractivity contribution >= 4 is 28.4 Å². The van der Waals surface area contributed by atoms with Crippen LogP contribution in [0.25, 0.3) is 27.8 Å². The zero-order chi connectivity index (χ0) is 18.5. The van der Waals surface area contributed by atoms with Gasteiger partial charge >= 0.3 is 0 Å². The monoisotopic (exact) mass is 365 g/mol. The Morgan fingerprint density at radius 3 is 2.96 bits per heavy atom. The number of amides is 1. The zero-order valence-corrected chi connectivity index (χ0v) is 14.4. The second-order valence-corrected chi connectivity index (χ2v) is 6.56. The van der Waals surface area contributed by atoms with Gasteiger partial charge in [0.05, 0.1) is 13.0 Å². The molecule has 0 saturated heterocycles. The number of nitrogens with one attached hydrogen (secondary N) is 2. The van der Waals surface area contributed by atoms with Gasteiger partial charge in [-0.2, -0.15) is 0 Å². The summed E-state index contributed by atoms with van der Waals surface area (Å²) in [6.07, 6.45) is 6.60. The maximum atomic E-state index is 13.0. The molecule has 136 valence electrons. The standard InChI is InChI=1S/C19H16FN5O2/c1-27-16-10(4-6-25-7-5-21-18(16)25)13-9-22-17-11(13)2-3-15(23-17)24-19(26)12-8-14(12)20/h2-7,9,12,14H,8H2,1H3,(H2,22,23,24,26)/t12-,14+/m1/s1. The molecule has 0 radical (unpaired) electrons. The van der Waals surface area contributed by atoms with Crippen LogP contribution in [0.15, 0.2) is 43.0 Å². The molecule has 2 N–H and O–H groups in total. The van der Waals surface area contributed by atoms with Gasteiger partial charge in [0.1, 0.15) is 17.6 Å². The minimum atomic E-state index is -1.03. The number of anilines is 1. The summed E-state index contributed by atoms with van der Waals surface area (Å²) in [5.74, 6) is 0.193. The van der Waals surface area contributed by atoms with E-state index in [4.69, 9.17) is 4.74 Å². The summed E-state index contributed by atoms with van der Waals surface area (Å²) in [4.78, 5) is 23.8. The van der Waals surface area contributed by atoms with Gasteiger partial charge in [-0.1, -0.05) is 0 Å². The van der Waals surface area contributed by atoms with Gasteiger partial charge in [-0.25, -0.2) is 14.4 Å². The van der Waals surface area contributed by atoms with Crippen molar-refractivity contribution in [3.63, 3.8) is 0 Å². The zero-order valence-electron chi connectivity index (χ0n) is 14.4. The summed E-state index contributed by atoms with van der Waals surface area (Å²) in [6, 6.07) is 5.55. The normalized spacial score (nSPS) is 18.7. The number of carbonyl (C=O) groups excluding carboxylic acids is 1. The highest BCUT2D eigenvalue weighted by atomic mass is 19.1. The van der Waals surface area contributed by atoms with E-state index in [0.29, 0.717) is 17.2 Å². The first-order valence-corrected chi connectivity index (χ1v) is 8.59. The lowest BCUT2D eigenvalue weighted by atomic mass is 10.1. The van der Waals surface area contributed by atoms with E-state index in [-0.39, 0.29) is 12.3 Å². The minimum Gasteiger partial charge on any atom is -0.492 e. The lowest BCUT2D eigenvalue weighted by Gasteiger charge is -2.09. The van der Waals surface area contributed by atoms with Crippen molar-refractivity contribution in [2.45, 2.75) is 12.6 Å². The molecular weight excluding hydrogens is 349 g/mol. The number of imidazole rings is 1. The number of hydrogen-bond donors (Lipinski definition) is 2. The Kier molecular flexibility index (Phi) is 3.40. The fourth-order valence-corrected chi connectivity index (χ4v) is 3.32. The molecule has 0 bridgehead atoms. The van der Waals surface area contributed by atoms with Crippen molar-refractivity contribution < 1.29 is 13.9 Å². The van der Waals surface area contributed by atoms with Gasteiger partial charge in [-0.15, -0.1) is 0 Å². The summed E-state index contributed by atoms with van der Waals surface area (Å²) in [5, 5.41) is 3.56. The van der Waals surface area contributed by atoms with Crippen LogP contribution >= 0.6 is 0 Å². The number of pyridine rings is 2. The largest absolute Gasteiger partial charge is 0.492 e. The van der Waals surface area contributed by atoms with E-state index < -0.39 is 12.1 Å². The third kappa shape index (κ3) is 2.52. The number of aromatic nitrogens is 4. The Hall–Kier alpha value is -3.42. The first-order valence-electron chi connectivity index (χ1n) is 8.59. The van der Waals surface area contributed by atoms with Crippen LogP contribution in [0.5, 0.6) is 5.75 Å². The van der Waals surface area contributed by atoms with Crippen LogP contribution in [0.1, 0.15) is 6.42 Å². The van der Waals surface area contributed by atoms with E-state index >= 15 is 0 Å². The van der Waals surface area contributed by atoms with Gasteiger partial charge in [-0.3, -0.25) is 4.79 Å². The molecule has 0 aromatic carbocycles. The van der Waals surface area contributed by atoms with Crippen LogP contribution in [-0.4, -0.2) is 38.5 Å². The van der Waals surface area contributed by atoms with E-state index in [2.05, 4.69) is 20.3 Å². The number of hydrogen-bond acceptors (Lipinski definition) is 4. The number of fused-ring (bicyclic) bond motifs is 2. The second-order valence-electron chi connectivity index (χ2n) is 6.56. The van der Waals surface area contributed by atoms with Crippen molar-refractivity contribution in [1.29, 1.82) is 0 Å². The van der Waals surface area contributed by atoms with E-state index in [0.717, 1.165) is 22.2 Å². The quantitative estimate of drug-likeness (QED) is 0.582. The van der Waals surface area contributed by atoms with Gasteiger partial charge < -0.3 is 19.4 Å². The van der Waals surface area contributed by atoms with Crippen LogP contribution in [0, 0.1) is 5.92 Å². The molecule has 1 aliphatic rings. The van der Waals surface area contributed by atoms with Crippen LogP contribution < -0.4 is 10.1 Å². The molecule has 0 unspecified atom stereocenters. The van der Waals surface area contributed by atoms with Gasteiger partial charge in [0.15, 0.2) is 11.4 Å². The van der Waals surface area contributed by atoms with Gasteiger partial charge in [0.2, 0.25) is 5.91 Å². The van der Waals surface area contributed by atoms with E-state index in [1.807, 2.05) is 35.1 Å². The highest BCUT2D eigenvalue weighted by Crippen LogP contribution is 2.37. The number of H-pyrrole nitrogens is 1. The number of halogens is 1. The van der Waals surface area contributed by atoms with Crippen LogP contribution in [0.2, 0.25) is 0 Å². The molecule has 1 saturated carbocycles. The molecule has 27 heavy (non-hydrogen) atoms. The Morgan fingerprint density at radius 1 is 1.33 bits per heavy atom. The summed E-state index contributed by atoms with van der Waals surface area (Å²) >= 11 is 0. The van der Waals surface area contributed by atoms with Crippen LogP contribution in [-0.2, 0) is 4.79 Å². The topological polar surface area (TPSA) is 84.3 Å². The maximum Gasteiger partial charge on any atom is 0.231 e. The highest BCUT2D eigenvalue weighted by Gasteiger charge is 2.43. The fourth-order valence-electron chi connectivity index (χ4n) is 3.32. The summed E-state index contributed by atoms with van der Waals surface area (Å²) in [7, 11) is 1.62. The lowest BCUT2D eigenvalue weighted by Crippen LogP contribution is -2.15. The number of nitrogens with zero attached hydrogens (tertiary/aromatic N) is 3. The average molecular weight is 365 g/mol. The number of aromatic amines is 1. The van der Waals surface area contributed by atoms with Crippen molar-refractivity contribution in [2.75, 3.05) is 12.4 Å². The van der Waals surface area contributed by atoms with E-state index in [1.54, 1.807) is 19.4 Å². The maximum absolute atomic E-state index is 13.0. The molecule has 2 atom stereocenters. The number of methoxy groups -OCH3 is 1. The third-order valence-electron chi connectivity index (χ3n) is 4.85. The first kappa shape index (κ1) is 15.8. The predicted molar refractivity (Wildman–Crippen MR) is 98.5 cm³/mol. The minimum absolute atomic E-state index is 0.288. The first-order chi connectivity index (χ1) is 13.2. The summed E-state index contributed by atoms with van der Waals surface area (Å²) in [5.41, 5.74) is 3.16. The number of ether oxygens (including phenoxy) is 1. The molecule has 8 heteroatoms. The van der Waals surface area contributed by atoms with Crippen molar-refractivity contribution in [3.8, 4) is 16.9 Å². The molecule has 1 fully saturated rings. The predicted octanol–water partition coefficient (Wildman–Crippen LogP) is 3.18. The van der Waals surface area contributed by atoms with Gasteiger partial charge in [-0.05, 0) is 24.6 Å². The SMILES string of the molecule is COc1c(-c2c[nH]c3nc(NC(=O)[C@@H]4C[C@@H]4F)ccc23)ccn2ccnc12. The van der Waals surface area contributed by atoms with Crippen molar-refractivity contribution in [1.82, 2.24) is 19.4 Å². The number of carbonyl (C=O) groups is 1. The summed E-state index contributed by atoms with van der Waals surface area (Å²) in [6.45, 7) is 0. The van der Waals surface area contributed by atoms with E-state index in [9.17, 15) is 9.18 Å². The molecule has 4 heterocycles. The second kappa shape index (κ2) is 5.80. The number of rotatable bonds is 4. The molecule has 4 aromatic heterocycles. The lowest BCUT2D eigenvalue weighted by molar-refractivity contribution is -0.117. The van der Waals surface area contributed by atoms with E-state index in [1.165, 1.54) is 0 Å². The molecular formula is C19H16FN5O2. The average Bonchev–Trinajstić information content (AvgIpc) is 3.07. The molecule has 0 spiro atoms. The molecule has 4 aromatic rings. The van der Waals surface area contributed by atoms with Crippen molar-refractivity contribution in [3.05, 3.63) is 43.0 Å². The third-order valence-corrected chi connectivity index (χ3v) is 4.85. The fraction of sp³-hybridized carbons (Fsp3) is 0.211. The molecule has 7 nitrogen and oxygen atoms in total. The molecule has 0 aliphatic heterocycles. The highest BCUT2D eigenvalue weighted by molar-refractivity contribution is 5.99. The molecule has 1 amide bonds. The van der Waals surface area contributed by atoms with Gasteiger partial charge in [0.25, 0.3) is 0 Å². The summed E-state index contributed by atoms with van der Waals surface area (Å²) < 4.78 is 20.5. The van der Waals surface area contributed by atoms with Crippen molar-refractivity contribution in [2.24, 2.45) is 5.92 Å². The number of alkyl halides is 1. The smallest absolute Gasteiger partial charge is 0.231 e. The Balaban J connectivity index is 1.54. The van der Waals surface area contributed by atoms with Crippen LogP contribution in [0.3, 0.4) is 0 Å².